The standard InChI is InChI=1S/C13H29N5O2/c1-18(2)11-5-9-15-7-3-6-14-8-4-10-16-13(19)12-17-20/h12,14-15,20H,3-11H2,1-2H3,(H,16,19)/b17-12-. The van der Waals surface area contributed by atoms with Gasteiger partial charge in [0, 0.05) is 6.54 Å². The summed E-state index contributed by atoms with van der Waals surface area (Å²) >= 11 is 0. The van der Waals surface area contributed by atoms with Gasteiger partial charge in [-0.05, 0) is 66.1 Å². The molecule has 0 bridgehead atoms. The molecular weight excluding hydrogens is 258 g/mol. The highest BCUT2D eigenvalue weighted by Gasteiger charge is 1.95. The molecule has 0 aromatic heterocycles. The number of carbonyl (C=O) groups excluding carboxylic acids is 1. The molecule has 0 aromatic carbocycles. The Labute approximate surface area is 121 Å². The fourth-order valence-electron chi connectivity index (χ4n) is 1.63. The number of nitrogens with one attached hydrogen (secondary N) is 3. The normalized spacial score (nSPS) is 11.3. The molecule has 0 aliphatic heterocycles. The molecule has 0 saturated heterocycles. The fourth-order valence-corrected chi connectivity index (χ4v) is 1.63. The Morgan fingerprint density at radius 2 is 1.60 bits per heavy atom. The predicted octanol–water partition coefficient (Wildman–Crippen LogP) is -0.526. The Kier molecular flexibility index (Phi) is 13.4. The van der Waals surface area contributed by atoms with Crippen molar-refractivity contribution in [1.82, 2.24) is 20.9 Å². The van der Waals surface area contributed by atoms with Crippen LogP contribution >= 0.6 is 0 Å². The van der Waals surface area contributed by atoms with Gasteiger partial charge in [-0.3, -0.25) is 4.79 Å². The monoisotopic (exact) mass is 287 g/mol. The van der Waals surface area contributed by atoms with Gasteiger partial charge in [-0.1, -0.05) is 5.16 Å². The molecule has 1 amide bonds. The molecule has 0 rings (SSSR count). The molecule has 0 spiro atoms. The second-order valence-electron chi connectivity index (χ2n) is 4.90. The molecule has 0 fully saturated rings. The summed E-state index contributed by atoms with van der Waals surface area (Å²) in [5, 5.41) is 20.1. The van der Waals surface area contributed by atoms with Crippen LogP contribution in [0.25, 0.3) is 0 Å². The van der Waals surface area contributed by atoms with E-state index in [2.05, 4.69) is 40.1 Å². The lowest BCUT2D eigenvalue weighted by molar-refractivity contribution is -0.114. The van der Waals surface area contributed by atoms with Gasteiger partial charge in [0.2, 0.25) is 0 Å². The summed E-state index contributed by atoms with van der Waals surface area (Å²) in [6, 6.07) is 0. The summed E-state index contributed by atoms with van der Waals surface area (Å²) in [6.07, 6.45) is 4.00. The molecular formula is C13H29N5O2. The molecule has 0 saturated carbocycles. The van der Waals surface area contributed by atoms with Gasteiger partial charge in [-0.15, -0.1) is 0 Å². The number of hydrogen-bond donors (Lipinski definition) is 4. The van der Waals surface area contributed by atoms with E-state index >= 15 is 0 Å². The summed E-state index contributed by atoms with van der Waals surface area (Å²) in [5.41, 5.74) is 0. The van der Waals surface area contributed by atoms with Gasteiger partial charge in [0.25, 0.3) is 5.91 Å². The van der Waals surface area contributed by atoms with Crippen LogP contribution in [-0.2, 0) is 4.79 Å². The quantitative estimate of drug-likeness (QED) is 0.158. The van der Waals surface area contributed by atoms with Crippen LogP contribution in [0.1, 0.15) is 19.3 Å². The van der Waals surface area contributed by atoms with Crippen LogP contribution in [-0.4, -0.2) is 75.6 Å². The van der Waals surface area contributed by atoms with Gasteiger partial charge < -0.3 is 26.1 Å². The van der Waals surface area contributed by atoms with E-state index in [1.807, 2.05) is 0 Å². The van der Waals surface area contributed by atoms with E-state index in [4.69, 9.17) is 5.21 Å². The zero-order valence-corrected chi connectivity index (χ0v) is 12.7. The SMILES string of the molecule is CN(C)CCCNCCCNCCCNC(=O)/C=N\O. The molecule has 0 unspecified atom stereocenters. The van der Waals surface area contributed by atoms with Crippen molar-refractivity contribution in [2.75, 3.05) is 53.4 Å². The number of rotatable bonds is 13. The van der Waals surface area contributed by atoms with Gasteiger partial charge >= 0.3 is 0 Å². The van der Waals surface area contributed by atoms with E-state index in [1.54, 1.807) is 0 Å². The third-order valence-electron chi connectivity index (χ3n) is 2.67. The summed E-state index contributed by atoms with van der Waals surface area (Å²) in [4.78, 5) is 13.1. The summed E-state index contributed by atoms with van der Waals surface area (Å²) in [7, 11) is 4.17. The van der Waals surface area contributed by atoms with Crippen LogP contribution in [0.4, 0.5) is 0 Å². The molecule has 0 heterocycles. The molecule has 7 heteroatoms. The van der Waals surface area contributed by atoms with Crippen molar-refractivity contribution in [2.45, 2.75) is 19.3 Å². The molecule has 20 heavy (non-hydrogen) atoms. The van der Waals surface area contributed by atoms with Gasteiger partial charge in [-0.2, -0.15) is 0 Å². The largest absolute Gasteiger partial charge is 0.411 e. The van der Waals surface area contributed by atoms with Gasteiger partial charge in [0.15, 0.2) is 0 Å². The third-order valence-corrected chi connectivity index (χ3v) is 2.67. The first-order chi connectivity index (χ1) is 9.66. The number of nitrogens with zero attached hydrogens (tertiary/aromatic N) is 2. The number of oxime groups is 1. The minimum atomic E-state index is -0.366. The number of hydrogen-bond acceptors (Lipinski definition) is 6. The maximum Gasteiger partial charge on any atom is 0.265 e. The Morgan fingerprint density at radius 1 is 1.05 bits per heavy atom. The molecule has 4 N–H and O–H groups in total. The van der Waals surface area contributed by atoms with Crippen molar-refractivity contribution >= 4 is 12.1 Å². The van der Waals surface area contributed by atoms with E-state index in [0.717, 1.165) is 51.8 Å². The topological polar surface area (TPSA) is 89.0 Å². The maximum atomic E-state index is 10.9. The molecule has 7 nitrogen and oxygen atoms in total. The molecule has 118 valence electrons. The fraction of sp³-hybridized carbons (Fsp3) is 0.846. The van der Waals surface area contributed by atoms with E-state index in [0.29, 0.717) is 6.54 Å². The summed E-state index contributed by atoms with van der Waals surface area (Å²) < 4.78 is 0. The first kappa shape index (κ1) is 18.8. The zero-order chi connectivity index (χ0) is 15.1. The van der Waals surface area contributed by atoms with Crippen LogP contribution in [0.2, 0.25) is 0 Å². The average molecular weight is 287 g/mol. The minimum Gasteiger partial charge on any atom is -0.411 e. The molecule has 0 aliphatic carbocycles. The lowest BCUT2D eigenvalue weighted by atomic mass is 10.3. The van der Waals surface area contributed by atoms with Crippen molar-refractivity contribution in [3.05, 3.63) is 0 Å². The Hall–Kier alpha value is -1.18. The first-order valence-electron chi connectivity index (χ1n) is 7.18. The van der Waals surface area contributed by atoms with Crippen molar-refractivity contribution in [3.8, 4) is 0 Å². The smallest absolute Gasteiger partial charge is 0.265 e. The second-order valence-corrected chi connectivity index (χ2v) is 4.90. The number of amides is 1. The van der Waals surface area contributed by atoms with Crippen LogP contribution in [0, 0.1) is 0 Å². The van der Waals surface area contributed by atoms with E-state index in [9.17, 15) is 4.79 Å². The summed E-state index contributed by atoms with van der Waals surface area (Å²) in [5.74, 6) is -0.366. The molecule has 0 aliphatic rings. The van der Waals surface area contributed by atoms with Crippen molar-refractivity contribution in [1.29, 1.82) is 0 Å². The van der Waals surface area contributed by atoms with E-state index < -0.39 is 0 Å². The van der Waals surface area contributed by atoms with Crippen molar-refractivity contribution in [3.63, 3.8) is 0 Å². The highest BCUT2D eigenvalue weighted by molar-refractivity contribution is 6.25. The van der Waals surface area contributed by atoms with Crippen LogP contribution in [0.3, 0.4) is 0 Å². The lowest BCUT2D eigenvalue weighted by Crippen LogP contribution is -2.29. The Bertz CT molecular complexity index is 259. The van der Waals surface area contributed by atoms with Crippen LogP contribution in [0.5, 0.6) is 0 Å². The third kappa shape index (κ3) is 14.9. The van der Waals surface area contributed by atoms with Crippen molar-refractivity contribution < 1.29 is 10.0 Å². The molecule has 0 atom stereocenters. The second kappa shape index (κ2) is 14.2. The minimum absolute atomic E-state index is 0.366. The van der Waals surface area contributed by atoms with Gasteiger partial charge in [-0.25, -0.2) is 0 Å². The van der Waals surface area contributed by atoms with Crippen molar-refractivity contribution in [2.24, 2.45) is 5.16 Å². The Morgan fingerprint density at radius 3 is 2.15 bits per heavy atom. The van der Waals surface area contributed by atoms with Gasteiger partial charge in [0.1, 0.15) is 6.21 Å². The number of carbonyl (C=O) groups is 1. The predicted molar refractivity (Wildman–Crippen MR) is 81.4 cm³/mol. The highest BCUT2D eigenvalue weighted by atomic mass is 16.4. The average Bonchev–Trinajstić information content (AvgIpc) is 2.40. The lowest BCUT2D eigenvalue weighted by Gasteiger charge is -2.10. The summed E-state index contributed by atoms with van der Waals surface area (Å²) in [6.45, 7) is 5.66. The Balaban J connectivity index is 3.08. The van der Waals surface area contributed by atoms with Crippen LogP contribution in [0.15, 0.2) is 5.16 Å². The van der Waals surface area contributed by atoms with E-state index in [1.165, 1.54) is 6.42 Å². The zero-order valence-electron chi connectivity index (χ0n) is 12.7. The van der Waals surface area contributed by atoms with Gasteiger partial charge in [0.05, 0.1) is 0 Å². The molecule has 0 aromatic rings. The van der Waals surface area contributed by atoms with E-state index in [-0.39, 0.29) is 5.91 Å². The maximum absolute atomic E-state index is 10.9. The highest BCUT2D eigenvalue weighted by Crippen LogP contribution is 1.82. The molecule has 0 radical (unpaired) electrons. The first-order valence-corrected chi connectivity index (χ1v) is 7.18. The van der Waals surface area contributed by atoms with Crippen LogP contribution < -0.4 is 16.0 Å².